The van der Waals surface area contributed by atoms with Crippen LogP contribution in [0.15, 0.2) is 24.3 Å². The van der Waals surface area contributed by atoms with Crippen LogP contribution in [-0.2, 0) is 19.3 Å². The van der Waals surface area contributed by atoms with Crippen LogP contribution in [0.4, 0.5) is 4.39 Å². The summed E-state index contributed by atoms with van der Waals surface area (Å²) in [5, 5.41) is 0. The van der Waals surface area contributed by atoms with Gasteiger partial charge in [-0.1, -0.05) is 30.4 Å². The molecule has 0 radical (unpaired) electrons. The van der Waals surface area contributed by atoms with Gasteiger partial charge in [-0.2, -0.15) is 0 Å². The molecule has 19 heavy (non-hydrogen) atoms. The first kappa shape index (κ1) is 12.5. The standard InChI is InChI=1S/C15H15FN2S/c16-12-7-3-1-5-10(12)9-14-17-13-8-4-2-6-11(13)15(19)18-14/h1,3,5,7H,2,4,6,8-9H2,(H,17,18,19). The van der Waals surface area contributed by atoms with E-state index >= 15 is 0 Å². The summed E-state index contributed by atoms with van der Waals surface area (Å²) in [6.45, 7) is 0. The first-order chi connectivity index (χ1) is 9.24. The van der Waals surface area contributed by atoms with E-state index in [0.29, 0.717) is 16.6 Å². The highest BCUT2D eigenvalue weighted by atomic mass is 32.1. The summed E-state index contributed by atoms with van der Waals surface area (Å²) in [7, 11) is 0. The quantitative estimate of drug-likeness (QED) is 0.845. The largest absolute Gasteiger partial charge is 0.347 e. The van der Waals surface area contributed by atoms with Crippen molar-refractivity contribution in [2.45, 2.75) is 32.1 Å². The van der Waals surface area contributed by atoms with Crippen LogP contribution in [0.2, 0.25) is 0 Å². The predicted octanol–water partition coefficient (Wildman–Crippen LogP) is 3.75. The molecule has 1 N–H and O–H groups in total. The smallest absolute Gasteiger partial charge is 0.133 e. The van der Waals surface area contributed by atoms with Crippen LogP contribution in [0.5, 0.6) is 0 Å². The summed E-state index contributed by atoms with van der Waals surface area (Å²) in [5.41, 5.74) is 3.02. The molecular formula is C15H15FN2S. The lowest BCUT2D eigenvalue weighted by molar-refractivity contribution is 0.609. The van der Waals surface area contributed by atoms with Gasteiger partial charge < -0.3 is 4.98 Å². The number of hydrogen-bond acceptors (Lipinski definition) is 2. The number of halogens is 1. The summed E-state index contributed by atoms with van der Waals surface area (Å²) < 4.78 is 14.3. The molecule has 1 aliphatic carbocycles. The van der Waals surface area contributed by atoms with Crippen molar-refractivity contribution in [3.63, 3.8) is 0 Å². The van der Waals surface area contributed by atoms with Crippen LogP contribution in [0, 0.1) is 10.5 Å². The van der Waals surface area contributed by atoms with Gasteiger partial charge in [-0.05, 0) is 37.3 Å². The molecular weight excluding hydrogens is 259 g/mol. The minimum atomic E-state index is -0.193. The number of benzene rings is 1. The van der Waals surface area contributed by atoms with Crippen molar-refractivity contribution >= 4 is 12.2 Å². The second-order valence-corrected chi connectivity index (χ2v) is 5.31. The van der Waals surface area contributed by atoms with Gasteiger partial charge in [0.1, 0.15) is 16.3 Å². The number of nitrogens with one attached hydrogen (secondary N) is 1. The van der Waals surface area contributed by atoms with Gasteiger partial charge in [0, 0.05) is 17.7 Å². The SMILES string of the molecule is Fc1ccccc1Cc1nc(=S)c2c([nH]1)CCCC2. The Labute approximate surface area is 116 Å². The molecule has 0 saturated carbocycles. The number of hydrogen-bond donors (Lipinski definition) is 1. The average Bonchev–Trinajstić information content (AvgIpc) is 2.42. The molecule has 1 heterocycles. The van der Waals surface area contributed by atoms with Crippen molar-refractivity contribution in [1.82, 2.24) is 9.97 Å². The van der Waals surface area contributed by atoms with Crippen molar-refractivity contribution in [3.8, 4) is 0 Å². The van der Waals surface area contributed by atoms with Gasteiger partial charge in [-0.3, -0.25) is 0 Å². The van der Waals surface area contributed by atoms with E-state index in [-0.39, 0.29) is 5.82 Å². The highest BCUT2D eigenvalue weighted by Crippen LogP contribution is 2.21. The minimum Gasteiger partial charge on any atom is -0.347 e. The van der Waals surface area contributed by atoms with E-state index in [4.69, 9.17) is 12.2 Å². The average molecular weight is 274 g/mol. The van der Waals surface area contributed by atoms with E-state index in [0.717, 1.165) is 18.7 Å². The highest BCUT2D eigenvalue weighted by Gasteiger charge is 2.14. The normalized spacial score (nSPS) is 14.2. The summed E-state index contributed by atoms with van der Waals surface area (Å²) in [6, 6.07) is 6.79. The number of fused-ring (bicyclic) bond motifs is 1. The third-order valence-corrected chi connectivity index (χ3v) is 3.91. The molecule has 0 saturated heterocycles. The van der Waals surface area contributed by atoms with Crippen molar-refractivity contribution in [3.05, 3.63) is 57.4 Å². The van der Waals surface area contributed by atoms with E-state index in [1.54, 1.807) is 12.1 Å². The van der Waals surface area contributed by atoms with Gasteiger partial charge >= 0.3 is 0 Å². The van der Waals surface area contributed by atoms with Crippen LogP contribution in [-0.4, -0.2) is 9.97 Å². The van der Waals surface area contributed by atoms with Gasteiger partial charge in [0.15, 0.2) is 0 Å². The Bertz CT molecular complexity index is 663. The maximum Gasteiger partial charge on any atom is 0.133 e. The van der Waals surface area contributed by atoms with E-state index < -0.39 is 0 Å². The fourth-order valence-corrected chi connectivity index (χ4v) is 2.91. The summed E-state index contributed by atoms with van der Waals surface area (Å²) in [6.07, 6.45) is 4.85. The minimum absolute atomic E-state index is 0.193. The third-order valence-electron chi connectivity index (χ3n) is 3.57. The Kier molecular flexibility index (Phi) is 3.42. The van der Waals surface area contributed by atoms with Gasteiger partial charge in [-0.15, -0.1) is 0 Å². The Balaban J connectivity index is 1.96. The molecule has 4 heteroatoms. The zero-order chi connectivity index (χ0) is 13.2. The van der Waals surface area contributed by atoms with Gasteiger partial charge in [0.05, 0.1) is 0 Å². The molecule has 3 rings (SSSR count). The number of H-pyrrole nitrogens is 1. The number of aryl methyl sites for hydroxylation is 1. The van der Waals surface area contributed by atoms with E-state index in [1.807, 2.05) is 6.07 Å². The van der Waals surface area contributed by atoms with Crippen molar-refractivity contribution in [1.29, 1.82) is 0 Å². The molecule has 1 aliphatic rings. The summed E-state index contributed by atoms with van der Waals surface area (Å²) in [5.74, 6) is 0.567. The third kappa shape index (κ3) is 2.59. The fourth-order valence-electron chi connectivity index (χ4n) is 2.58. The molecule has 98 valence electrons. The molecule has 1 aromatic heterocycles. The Hall–Kier alpha value is -1.55. The molecule has 0 bridgehead atoms. The number of nitrogens with zero attached hydrogens (tertiary/aromatic N) is 1. The molecule has 0 unspecified atom stereocenters. The van der Waals surface area contributed by atoms with E-state index in [9.17, 15) is 4.39 Å². The van der Waals surface area contributed by atoms with Crippen molar-refractivity contribution < 1.29 is 4.39 Å². The van der Waals surface area contributed by atoms with Gasteiger partial charge in [0.25, 0.3) is 0 Å². The Morgan fingerprint density at radius 3 is 2.84 bits per heavy atom. The lowest BCUT2D eigenvalue weighted by Crippen LogP contribution is -2.11. The Morgan fingerprint density at radius 2 is 2.00 bits per heavy atom. The maximum atomic E-state index is 13.6. The monoisotopic (exact) mass is 274 g/mol. The summed E-state index contributed by atoms with van der Waals surface area (Å²) >= 11 is 5.35. The zero-order valence-electron chi connectivity index (χ0n) is 10.6. The second-order valence-electron chi connectivity index (χ2n) is 4.92. The van der Waals surface area contributed by atoms with Crippen LogP contribution >= 0.6 is 12.2 Å². The molecule has 0 spiro atoms. The lowest BCUT2D eigenvalue weighted by Gasteiger charge is -2.16. The first-order valence-electron chi connectivity index (χ1n) is 6.58. The first-order valence-corrected chi connectivity index (χ1v) is 6.99. The zero-order valence-corrected chi connectivity index (χ0v) is 11.4. The number of aromatic amines is 1. The lowest BCUT2D eigenvalue weighted by atomic mass is 9.97. The molecule has 0 fully saturated rings. The van der Waals surface area contributed by atoms with Crippen molar-refractivity contribution in [2.75, 3.05) is 0 Å². The molecule has 0 atom stereocenters. The van der Waals surface area contributed by atoms with Gasteiger partial charge in [0.2, 0.25) is 0 Å². The Morgan fingerprint density at radius 1 is 1.21 bits per heavy atom. The maximum absolute atomic E-state index is 13.6. The van der Waals surface area contributed by atoms with Gasteiger partial charge in [-0.25, -0.2) is 9.37 Å². The fraction of sp³-hybridized carbons (Fsp3) is 0.333. The van der Waals surface area contributed by atoms with Crippen LogP contribution in [0.1, 0.15) is 35.5 Å². The van der Waals surface area contributed by atoms with Crippen molar-refractivity contribution in [2.24, 2.45) is 0 Å². The molecule has 2 aromatic rings. The second kappa shape index (κ2) is 5.21. The molecule has 0 aliphatic heterocycles. The number of aromatic nitrogens is 2. The predicted molar refractivity (Wildman–Crippen MR) is 75.3 cm³/mol. The van der Waals surface area contributed by atoms with Crippen LogP contribution in [0.25, 0.3) is 0 Å². The van der Waals surface area contributed by atoms with E-state index in [1.165, 1.54) is 30.2 Å². The summed E-state index contributed by atoms with van der Waals surface area (Å²) in [4.78, 5) is 7.75. The molecule has 2 nitrogen and oxygen atoms in total. The topological polar surface area (TPSA) is 28.7 Å². The highest BCUT2D eigenvalue weighted by molar-refractivity contribution is 7.71. The molecule has 0 amide bonds. The van der Waals surface area contributed by atoms with E-state index in [2.05, 4.69) is 9.97 Å². The number of rotatable bonds is 2. The van der Waals surface area contributed by atoms with Crippen LogP contribution < -0.4 is 0 Å². The van der Waals surface area contributed by atoms with Crippen LogP contribution in [0.3, 0.4) is 0 Å². The molecule has 1 aromatic carbocycles.